The summed E-state index contributed by atoms with van der Waals surface area (Å²) >= 11 is 0. The van der Waals surface area contributed by atoms with Gasteiger partial charge in [-0.25, -0.2) is 0 Å². The number of carbonyl (C=O) groups excluding carboxylic acids is 2. The molecule has 3 N–H and O–H groups in total. The summed E-state index contributed by atoms with van der Waals surface area (Å²) in [7, 11) is 0. The molecule has 1 atom stereocenters. The molecule has 1 unspecified atom stereocenters. The van der Waals surface area contributed by atoms with E-state index in [1.807, 2.05) is 26.0 Å². The van der Waals surface area contributed by atoms with Gasteiger partial charge in [0.05, 0.1) is 12.6 Å². The van der Waals surface area contributed by atoms with E-state index in [1.54, 1.807) is 12.1 Å². The van der Waals surface area contributed by atoms with E-state index < -0.39 is 6.10 Å². The topological polar surface area (TPSA) is 78.4 Å². The second-order valence-corrected chi connectivity index (χ2v) is 7.46. The molecular formula is C19H30N2O3. The van der Waals surface area contributed by atoms with Crippen LogP contribution < -0.4 is 10.6 Å². The summed E-state index contributed by atoms with van der Waals surface area (Å²) in [5.74, 6) is -0.365. The Bertz CT molecular complexity index is 545. The number of aliphatic hydroxyl groups is 1. The monoisotopic (exact) mass is 334 g/mol. The van der Waals surface area contributed by atoms with Gasteiger partial charge in [0.1, 0.15) is 0 Å². The van der Waals surface area contributed by atoms with E-state index in [-0.39, 0.29) is 29.7 Å². The molecule has 0 radical (unpaired) electrons. The van der Waals surface area contributed by atoms with Crippen molar-refractivity contribution in [2.45, 2.75) is 52.6 Å². The lowest BCUT2D eigenvalue weighted by molar-refractivity contribution is -0.120. The molecule has 1 aromatic rings. The highest BCUT2D eigenvalue weighted by Crippen LogP contribution is 2.22. The third kappa shape index (κ3) is 6.71. The molecule has 1 aromatic carbocycles. The van der Waals surface area contributed by atoms with E-state index in [1.165, 1.54) is 0 Å². The van der Waals surface area contributed by atoms with E-state index in [4.69, 9.17) is 0 Å². The summed E-state index contributed by atoms with van der Waals surface area (Å²) in [4.78, 5) is 23.8. The van der Waals surface area contributed by atoms with Crippen LogP contribution in [0.5, 0.6) is 0 Å². The van der Waals surface area contributed by atoms with Gasteiger partial charge in [-0.1, -0.05) is 46.8 Å². The van der Waals surface area contributed by atoms with Crippen LogP contribution in [0.1, 0.15) is 57.0 Å². The zero-order valence-corrected chi connectivity index (χ0v) is 15.3. The number of hydrogen-bond acceptors (Lipinski definition) is 3. The smallest absolute Gasteiger partial charge is 0.251 e. The quantitative estimate of drug-likeness (QED) is 0.715. The molecule has 0 aliphatic carbocycles. The van der Waals surface area contributed by atoms with Gasteiger partial charge >= 0.3 is 0 Å². The van der Waals surface area contributed by atoms with Crippen molar-refractivity contribution in [2.24, 2.45) is 5.92 Å². The van der Waals surface area contributed by atoms with Gasteiger partial charge in [-0.15, -0.1) is 0 Å². The van der Waals surface area contributed by atoms with Crippen LogP contribution in [0.15, 0.2) is 24.3 Å². The minimum absolute atomic E-state index is 0.0371. The Kier molecular flexibility index (Phi) is 7.42. The van der Waals surface area contributed by atoms with Gasteiger partial charge in [0.2, 0.25) is 5.91 Å². The molecule has 24 heavy (non-hydrogen) atoms. The standard InChI is InChI=1S/C19H30N2O3/c1-13(2)16(22)10-11-20-17(23)12-21-18(24)14-6-8-15(9-7-14)19(3,4)5/h6-9,13,16,22H,10-12H2,1-5H3,(H,20,23)(H,21,24). The molecule has 1 rings (SSSR count). The van der Waals surface area contributed by atoms with E-state index >= 15 is 0 Å². The molecule has 0 fully saturated rings. The van der Waals surface area contributed by atoms with Crippen molar-refractivity contribution in [1.82, 2.24) is 10.6 Å². The summed E-state index contributed by atoms with van der Waals surface area (Å²) in [5, 5.41) is 15.0. The van der Waals surface area contributed by atoms with Crippen molar-refractivity contribution in [3.63, 3.8) is 0 Å². The number of carbonyl (C=O) groups is 2. The Morgan fingerprint density at radius 2 is 1.67 bits per heavy atom. The van der Waals surface area contributed by atoms with Gasteiger partial charge in [-0.05, 0) is 35.4 Å². The average Bonchev–Trinajstić information content (AvgIpc) is 2.51. The minimum atomic E-state index is -0.429. The molecule has 134 valence electrons. The molecular weight excluding hydrogens is 304 g/mol. The third-order valence-electron chi connectivity index (χ3n) is 3.95. The van der Waals surface area contributed by atoms with Gasteiger partial charge in [-0.3, -0.25) is 9.59 Å². The molecule has 2 amide bonds. The van der Waals surface area contributed by atoms with E-state index in [9.17, 15) is 14.7 Å². The zero-order chi connectivity index (χ0) is 18.3. The van der Waals surface area contributed by atoms with Gasteiger partial charge < -0.3 is 15.7 Å². The molecule has 0 aliphatic rings. The maximum absolute atomic E-state index is 12.1. The van der Waals surface area contributed by atoms with Crippen LogP contribution in [0.4, 0.5) is 0 Å². The molecule has 0 aliphatic heterocycles. The van der Waals surface area contributed by atoms with E-state index in [0.717, 1.165) is 5.56 Å². The lowest BCUT2D eigenvalue weighted by atomic mass is 9.87. The minimum Gasteiger partial charge on any atom is -0.393 e. The lowest BCUT2D eigenvalue weighted by Gasteiger charge is -2.19. The second kappa shape index (κ2) is 8.83. The van der Waals surface area contributed by atoms with Crippen LogP contribution >= 0.6 is 0 Å². The fourth-order valence-electron chi connectivity index (χ4n) is 2.14. The van der Waals surface area contributed by atoms with Crippen molar-refractivity contribution in [1.29, 1.82) is 0 Å². The fourth-order valence-corrected chi connectivity index (χ4v) is 2.14. The predicted molar refractivity (Wildman–Crippen MR) is 95.9 cm³/mol. The molecule has 0 spiro atoms. The van der Waals surface area contributed by atoms with Gasteiger partial charge in [0.25, 0.3) is 5.91 Å². The molecule has 0 bridgehead atoms. The summed E-state index contributed by atoms with van der Waals surface area (Å²) in [6.07, 6.45) is 0.0761. The van der Waals surface area contributed by atoms with Crippen molar-refractivity contribution >= 4 is 11.8 Å². The molecule has 5 heteroatoms. The zero-order valence-electron chi connectivity index (χ0n) is 15.3. The Morgan fingerprint density at radius 1 is 1.08 bits per heavy atom. The third-order valence-corrected chi connectivity index (χ3v) is 3.95. The summed E-state index contributed by atoms with van der Waals surface area (Å²) in [6.45, 7) is 10.5. The van der Waals surface area contributed by atoms with Crippen molar-refractivity contribution in [3.8, 4) is 0 Å². The lowest BCUT2D eigenvalue weighted by Crippen LogP contribution is -2.38. The maximum Gasteiger partial charge on any atom is 0.251 e. The van der Waals surface area contributed by atoms with E-state index in [2.05, 4.69) is 31.4 Å². The van der Waals surface area contributed by atoms with Gasteiger partial charge in [-0.2, -0.15) is 0 Å². The second-order valence-electron chi connectivity index (χ2n) is 7.46. The van der Waals surface area contributed by atoms with Crippen molar-refractivity contribution < 1.29 is 14.7 Å². The first-order valence-corrected chi connectivity index (χ1v) is 8.44. The number of benzene rings is 1. The molecule has 0 saturated carbocycles. The molecule has 0 heterocycles. The molecule has 5 nitrogen and oxygen atoms in total. The SMILES string of the molecule is CC(C)C(O)CCNC(=O)CNC(=O)c1ccc(C(C)(C)C)cc1. The summed E-state index contributed by atoms with van der Waals surface area (Å²) in [5.41, 5.74) is 1.72. The van der Waals surface area contributed by atoms with Crippen LogP contribution in [0.3, 0.4) is 0 Å². The van der Waals surface area contributed by atoms with E-state index in [0.29, 0.717) is 18.5 Å². The highest BCUT2D eigenvalue weighted by Gasteiger charge is 2.15. The van der Waals surface area contributed by atoms with Gasteiger partial charge in [0.15, 0.2) is 0 Å². The van der Waals surface area contributed by atoms with Crippen LogP contribution in [0.25, 0.3) is 0 Å². The summed E-state index contributed by atoms with van der Waals surface area (Å²) < 4.78 is 0. The highest BCUT2D eigenvalue weighted by atomic mass is 16.3. The summed E-state index contributed by atoms with van der Waals surface area (Å²) in [6, 6.07) is 7.41. The van der Waals surface area contributed by atoms with Gasteiger partial charge in [0, 0.05) is 12.1 Å². The van der Waals surface area contributed by atoms with Crippen molar-refractivity contribution in [2.75, 3.05) is 13.1 Å². The Balaban J connectivity index is 2.39. The van der Waals surface area contributed by atoms with Crippen LogP contribution in [-0.4, -0.2) is 36.1 Å². The number of hydrogen-bond donors (Lipinski definition) is 3. The Labute approximate surface area is 144 Å². The van der Waals surface area contributed by atoms with Crippen LogP contribution in [0, 0.1) is 5.92 Å². The number of nitrogens with one attached hydrogen (secondary N) is 2. The first kappa shape index (κ1) is 20.2. The largest absolute Gasteiger partial charge is 0.393 e. The number of rotatable bonds is 7. The molecule has 0 saturated heterocycles. The fraction of sp³-hybridized carbons (Fsp3) is 0.579. The Morgan fingerprint density at radius 3 is 2.17 bits per heavy atom. The maximum atomic E-state index is 12.1. The van der Waals surface area contributed by atoms with Crippen LogP contribution in [-0.2, 0) is 10.2 Å². The first-order valence-electron chi connectivity index (χ1n) is 8.44. The van der Waals surface area contributed by atoms with Crippen LogP contribution in [0.2, 0.25) is 0 Å². The predicted octanol–water partition coefficient (Wildman–Crippen LogP) is 2.24. The van der Waals surface area contributed by atoms with Crippen molar-refractivity contribution in [3.05, 3.63) is 35.4 Å². The highest BCUT2D eigenvalue weighted by molar-refractivity contribution is 5.96. The number of amides is 2. The first-order chi connectivity index (χ1) is 11.1. The Hall–Kier alpha value is -1.88. The number of aliphatic hydroxyl groups excluding tert-OH is 1. The molecule has 0 aromatic heterocycles. The average molecular weight is 334 g/mol. The normalized spacial score (nSPS) is 12.8.